The van der Waals surface area contributed by atoms with Gasteiger partial charge in [-0.1, -0.05) is 30.3 Å². The van der Waals surface area contributed by atoms with Crippen molar-refractivity contribution in [3.63, 3.8) is 0 Å². The lowest BCUT2D eigenvalue weighted by molar-refractivity contribution is 0.602. The minimum atomic E-state index is -3.63. The summed E-state index contributed by atoms with van der Waals surface area (Å²) in [5.74, 6) is 0. The van der Waals surface area contributed by atoms with Crippen LogP contribution in [0.15, 0.2) is 53.4 Å². The smallest absolute Gasteiger partial charge is 0.262 e. The molecule has 0 saturated carbocycles. The summed E-state index contributed by atoms with van der Waals surface area (Å²) >= 11 is 0. The topological polar surface area (TPSA) is 46.2 Å². The number of anilines is 1. The van der Waals surface area contributed by atoms with Crippen molar-refractivity contribution in [1.82, 2.24) is 0 Å². The SMILES string of the molecule is Cc1ccc(NS(=O)(=O)c2ccc3c4c(cccc24)CC3)cc1C. The second-order valence-electron chi connectivity index (χ2n) is 6.47. The van der Waals surface area contributed by atoms with Gasteiger partial charge in [0.25, 0.3) is 10.0 Å². The maximum atomic E-state index is 12.9. The predicted octanol–water partition coefficient (Wildman–Crippen LogP) is 4.36. The van der Waals surface area contributed by atoms with E-state index in [1.165, 1.54) is 11.1 Å². The van der Waals surface area contributed by atoms with Crippen molar-refractivity contribution in [2.24, 2.45) is 0 Å². The summed E-state index contributed by atoms with van der Waals surface area (Å²) in [5, 5.41) is 1.93. The Balaban J connectivity index is 1.83. The van der Waals surface area contributed by atoms with Gasteiger partial charge in [0.05, 0.1) is 4.90 Å². The molecule has 0 atom stereocenters. The van der Waals surface area contributed by atoms with Gasteiger partial charge < -0.3 is 0 Å². The minimum absolute atomic E-state index is 0.350. The molecule has 0 aromatic heterocycles. The maximum absolute atomic E-state index is 12.9. The van der Waals surface area contributed by atoms with Gasteiger partial charge in [-0.05, 0) is 72.5 Å². The van der Waals surface area contributed by atoms with Gasteiger partial charge >= 0.3 is 0 Å². The number of hydrogen-bond donors (Lipinski definition) is 1. The van der Waals surface area contributed by atoms with E-state index in [-0.39, 0.29) is 0 Å². The first kappa shape index (κ1) is 15.2. The van der Waals surface area contributed by atoms with Gasteiger partial charge in [0, 0.05) is 11.1 Å². The van der Waals surface area contributed by atoms with E-state index < -0.39 is 10.0 Å². The molecule has 3 aromatic carbocycles. The number of benzene rings is 3. The Kier molecular flexibility index (Phi) is 3.39. The molecule has 122 valence electrons. The molecule has 0 unspecified atom stereocenters. The molecular formula is C20H19NO2S. The van der Waals surface area contributed by atoms with E-state index in [1.807, 2.05) is 44.2 Å². The summed E-state index contributed by atoms with van der Waals surface area (Å²) in [6.07, 6.45) is 1.97. The zero-order valence-electron chi connectivity index (χ0n) is 13.8. The van der Waals surface area contributed by atoms with Crippen LogP contribution in [0.4, 0.5) is 5.69 Å². The molecule has 0 saturated heterocycles. The second-order valence-corrected chi connectivity index (χ2v) is 8.12. The Bertz CT molecular complexity index is 1060. The molecule has 0 bridgehead atoms. The molecule has 0 amide bonds. The van der Waals surface area contributed by atoms with E-state index in [4.69, 9.17) is 0 Å². The van der Waals surface area contributed by atoms with Gasteiger partial charge in [-0.2, -0.15) is 0 Å². The first-order chi connectivity index (χ1) is 11.5. The summed E-state index contributed by atoms with van der Waals surface area (Å²) in [6.45, 7) is 3.99. The molecule has 0 heterocycles. The van der Waals surface area contributed by atoms with Crippen LogP contribution in [-0.2, 0) is 22.9 Å². The highest BCUT2D eigenvalue weighted by Crippen LogP contribution is 2.35. The maximum Gasteiger partial charge on any atom is 0.262 e. The van der Waals surface area contributed by atoms with Crippen LogP contribution in [0.3, 0.4) is 0 Å². The van der Waals surface area contributed by atoms with Crippen molar-refractivity contribution in [3.8, 4) is 0 Å². The van der Waals surface area contributed by atoms with E-state index in [1.54, 1.807) is 12.1 Å². The first-order valence-electron chi connectivity index (χ1n) is 8.09. The zero-order chi connectivity index (χ0) is 16.9. The highest BCUT2D eigenvalue weighted by Gasteiger charge is 2.22. The third-order valence-electron chi connectivity index (χ3n) is 4.89. The standard InChI is InChI=1S/C20H19NO2S/c1-13-6-10-17(12-14(13)2)21-24(22,23)19-11-9-16-8-7-15-4-3-5-18(19)20(15)16/h3-6,9-12,21H,7-8H2,1-2H3. The summed E-state index contributed by atoms with van der Waals surface area (Å²) in [6, 6.07) is 15.2. The summed E-state index contributed by atoms with van der Waals surface area (Å²) in [5.41, 5.74) is 5.29. The van der Waals surface area contributed by atoms with Crippen molar-refractivity contribution < 1.29 is 8.42 Å². The molecule has 0 aliphatic heterocycles. The van der Waals surface area contributed by atoms with Crippen LogP contribution in [-0.4, -0.2) is 8.42 Å². The van der Waals surface area contributed by atoms with Crippen molar-refractivity contribution in [3.05, 3.63) is 70.8 Å². The Morgan fingerprint density at radius 1 is 0.875 bits per heavy atom. The van der Waals surface area contributed by atoms with Gasteiger partial charge in [-0.25, -0.2) is 8.42 Å². The summed E-state index contributed by atoms with van der Waals surface area (Å²) in [7, 11) is -3.63. The lowest BCUT2D eigenvalue weighted by Gasteiger charge is -2.13. The van der Waals surface area contributed by atoms with E-state index >= 15 is 0 Å². The minimum Gasteiger partial charge on any atom is -0.280 e. The van der Waals surface area contributed by atoms with Crippen LogP contribution < -0.4 is 4.72 Å². The first-order valence-corrected chi connectivity index (χ1v) is 9.57. The van der Waals surface area contributed by atoms with Crippen LogP contribution in [0, 0.1) is 13.8 Å². The summed E-state index contributed by atoms with van der Waals surface area (Å²) in [4.78, 5) is 0.350. The third-order valence-corrected chi connectivity index (χ3v) is 6.32. The monoisotopic (exact) mass is 337 g/mol. The van der Waals surface area contributed by atoms with Gasteiger partial charge in [0.15, 0.2) is 0 Å². The fraction of sp³-hybridized carbons (Fsp3) is 0.200. The average Bonchev–Trinajstić information content (AvgIpc) is 2.96. The molecule has 1 aliphatic rings. The molecule has 24 heavy (non-hydrogen) atoms. The van der Waals surface area contributed by atoms with E-state index in [0.29, 0.717) is 10.6 Å². The Morgan fingerprint density at radius 2 is 1.62 bits per heavy atom. The van der Waals surface area contributed by atoms with Crippen molar-refractivity contribution in [2.45, 2.75) is 31.6 Å². The fourth-order valence-electron chi connectivity index (χ4n) is 3.47. The number of aryl methyl sites for hydroxylation is 4. The number of rotatable bonds is 3. The van der Waals surface area contributed by atoms with E-state index in [2.05, 4.69) is 10.8 Å². The molecule has 3 nitrogen and oxygen atoms in total. The van der Waals surface area contributed by atoms with Gasteiger partial charge in [0.2, 0.25) is 0 Å². The van der Waals surface area contributed by atoms with Crippen LogP contribution in [0.2, 0.25) is 0 Å². The highest BCUT2D eigenvalue weighted by atomic mass is 32.2. The lowest BCUT2D eigenvalue weighted by Crippen LogP contribution is -2.13. The van der Waals surface area contributed by atoms with Crippen LogP contribution in [0.1, 0.15) is 22.3 Å². The van der Waals surface area contributed by atoms with Crippen molar-refractivity contribution >= 4 is 26.5 Å². The van der Waals surface area contributed by atoms with Gasteiger partial charge in [-0.3, -0.25) is 4.72 Å². The Hall–Kier alpha value is -2.33. The molecule has 0 fully saturated rings. The predicted molar refractivity (Wildman–Crippen MR) is 98.1 cm³/mol. The normalized spacial score (nSPS) is 13.4. The van der Waals surface area contributed by atoms with Crippen LogP contribution in [0.25, 0.3) is 10.8 Å². The van der Waals surface area contributed by atoms with E-state index in [0.717, 1.165) is 34.7 Å². The van der Waals surface area contributed by atoms with Gasteiger partial charge in [-0.15, -0.1) is 0 Å². The molecule has 1 N–H and O–H groups in total. The number of hydrogen-bond acceptors (Lipinski definition) is 2. The Labute approximate surface area is 142 Å². The molecule has 4 heteroatoms. The average molecular weight is 337 g/mol. The molecule has 0 spiro atoms. The number of nitrogens with one attached hydrogen (secondary N) is 1. The van der Waals surface area contributed by atoms with Crippen LogP contribution >= 0.6 is 0 Å². The fourth-order valence-corrected chi connectivity index (χ4v) is 4.72. The largest absolute Gasteiger partial charge is 0.280 e. The number of sulfonamides is 1. The summed E-state index contributed by atoms with van der Waals surface area (Å²) < 4.78 is 28.6. The highest BCUT2D eigenvalue weighted by molar-refractivity contribution is 7.93. The van der Waals surface area contributed by atoms with Crippen molar-refractivity contribution in [2.75, 3.05) is 4.72 Å². The quantitative estimate of drug-likeness (QED) is 0.772. The second kappa shape index (κ2) is 5.35. The molecule has 4 rings (SSSR count). The van der Waals surface area contributed by atoms with Crippen molar-refractivity contribution in [1.29, 1.82) is 0 Å². The molecular weight excluding hydrogens is 318 g/mol. The van der Waals surface area contributed by atoms with Gasteiger partial charge in [0.1, 0.15) is 0 Å². The molecule has 0 radical (unpaired) electrons. The third kappa shape index (κ3) is 2.38. The zero-order valence-corrected chi connectivity index (χ0v) is 14.6. The lowest BCUT2D eigenvalue weighted by atomic mass is 10.1. The van der Waals surface area contributed by atoms with E-state index in [9.17, 15) is 8.42 Å². The van der Waals surface area contributed by atoms with Crippen LogP contribution in [0.5, 0.6) is 0 Å². The Morgan fingerprint density at radius 3 is 2.38 bits per heavy atom. The molecule has 1 aliphatic carbocycles. The molecule has 3 aromatic rings.